The van der Waals surface area contributed by atoms with Gasteiger partial charge in [0.15, 0.2) is 0 Å². The van der Waals surface area contributed by atoms with Crippen LogP contribution in [0.1, 0.15) is 19.3 Å². The second-order valence-corrected chi connectivity index (χ2v) is 4.57. The molecule has 1 fully saturated rings. The number of pyridine rings is 1. The molecular formula is C11H16N4O3. The van der Waals surface area contributed by atoms with Gasteiger partial charge in [0.2, 0.25) is 5.82 Å². The monoisotopic (exact) mass is 252 g/mol. The van der Waals surface area contributed by atoms with E-state index in [2.05, 4.69) is 10.3 Å². The zero-order chi connectivity index (χ0) is 13.1. The van der Waals surface area contributed by atoms with Crippen molar-refractivity contribution < 1.29 is 10.0 Å². The van der Waals surface area contributed by atoms with E-state index < -0.39 is 4.92 Å². The number of nitrogens with zero attached hydrogens (tertiary/aromatic N) is 2. The second kappa shape index (κ2) is 5.18. The topological polar surface area (TPSA) is 114 Å². The number of aliphatic hydroxyl groups excluding tert-OH is 1. The average Bonchev–Trinajstić information content (AvgIpc) is 2.72. The summed E-state index contributed by atoms with van der Waals surface area (Å²) in [6.45, 7) is 0.564. The van der Waals surface area contributed by atoms with Crippen LogP contribution in [0.3, 0.4) is 0 Å². The number of nitro groups is 1. The van der Waals surface area contributed by atoms with Crippen LogP contribution in [0.4, 0.5) is 17.3 Å². The Labute approximate surface area is 104 Å². The maximum atomic E-state index is 10.8. The van der Waals surface area contributed by atoms with E-state index >= 15 is 0 Å². The van der Waals surface area contributed by atoms with Crippen molar-refractivity contribution in [3.05, 3.63) is 22.2 Å². The molecule has 98 valence electrons. The van der Waals surface area contributed by atoms with Gasteiger partial charge in [-0.3, -0.25) is 10.1 Å². The Balaban J connectivity index is 2.04. The van der Waals surface area contributed by atoms with Crippen LogP contribution >= 0.6 is 0 Å². The average molecular weight is 252 g/mol. The lowest BCUT2D eigenvalue weighted by atomic mass is 10.1. The Morgan fingerprint density at radius 3 is 2.94 bits per heavy atom. The molecule has 2 rings (SSSR count). The van der Waals surface area contributed by atoms with Gasteiger partial charge in [0, 0.05) is 12.6 Å². The van der Waals surface area contributed by atoms with Crippen molar-refractivity contribution in [1.82, 2.24) is 4.98 Å². The summed E-state index contributed by atoms with van der Waals surface area (Å²) in [6, 6.07) is 2.75. The van der Waals surface area contributed by atoms with Crippen molar-refractivity contribution in [2.75, 3.05) is 17.6 Å². The first kappa shape index (κ1) is 12.6. The van der Waals surface area contributed by atoms with Crippen LogP contribution in [0.15, 0.2) is 12.1 Å². The summed E-state index contributed by atoms with van der Waals surface area (Å²) in [7, 11) is 0. The third kappa shape index (κ3) is 2.86. The third-order valence-electron chi connectivity index (χ3n) is 3.16. The molecule has 2 atom stereocenters. The highest BCUT2D eigenvalue weighted by Gasteiger charge is 2.24. The van der Waals surface area contributed by atoms with Gasteiger partial charge in [-0.2, -0.15) is 0 Å². The van der Waals surface area contributed by atoms with E-state index in [4.69, 9.17) is 5.73 Å². The third-order valence-corrected chi connectivity index (χ3v) is 3.16. The van der Waals surface area contributed by atoms with Gasteiger partial charge in [-0.1, -0.05) is 0 Å². The summed E-state index contributed by atoms with van der Waals surface area (Å²) >= 11 is 0. The Bertz CT molecular complexity index is 452. The van der Waals surface area contributed by atoms with Gasteiger partial charge in [0.25, 0.3) is 0 Å². The summed E-state index contributed by atoms with van der Waals surface area (Å²) in [5.41, 5.74) is 5.44. The first-order chi connectivity index (χ1) is 8.56. The molecule has 1 heterocycles. The Hall–Kier alpha value is -1.89. The fourth-order valence-corrected chi connectivity index (χ4v) is 2.22. The number of hydrogen-bond acceptors (Lipinski definition) is 6. The lowest BCUT2D eigenvalue weighted by Crippen LogP contribution is -2.14. The van der Waals surface area contributed by atoms with Crippen molar-refractivity contribution in [3.8, 4) is 0 Å². The highest BCUT2D eigenvalue weighted by molar-refractivity contribution is 5.59. The van der Waals surface area contributed by atoms with Gasteiger partial charge in [0.05, 0.1) is 11.0 Å². The fourth-order valence-electron chi connectivity index (χ4n) is 2.22. The predicted octanol–water partition coefficient (Wildman–Crippen LogP) is 1.14. The van der Waals surface area contributed by atoms with E-state index in [0.717, 1.165) is 19.3 Å². The van der Waals surface area contributed by atoms with Crippen molar-refractivity contribution in [3.63, 3.8) is 0 Å². The van der Waals surface area contributed by atoms with Crippen LogP contribution in [0.2, 0.25) is 0 Å². The van der Waals surface area contributed by atoms with Gasteiger partial charge in [-0.05, 0) is 31.2 Å². The molecule has 7 nitrogen and oxygen atoms in total. The Morgan fingerprint density at radius 2 is 2.33 bits per heavy atom. The molecule has 1 aromatic heterocycles. The highest BCUT2D eigenvalue weighted by atomic mass is 16.6. The van der Waals surface area contributed by atoms with E-state index in [1.165, 1.54) is 12.1 Å². The van der Waals surface area contributed by atoms with Crippen molar-refractivity contribution >= 4 is 17.3 Å². The highest BCUT2D eigenvalue weighted by Crippen LogP contribution is 2.27. The van der Waals surface area contributed by atoms with Crippen LogP contribution in [0.25, 0.3) is 0 Å². The molecule has 0 aromatic carbocycles. The molecule has 1 saturated carbocycles. The number of nitrogens with two attached hydrogens (primary N) is 1. The van der Waals surface area contributed by atoms with Crippen LogP contribution in [0, 0.1) is 16.0 Å². The summed E-state index contributed by atoms with van der Waals surface area (Å²) < 4.78 is 0. The molecule has 1 aliphatic rings. The predicted molar refractivity (Wildman–Crippen MR) is 67.1 cm³/mol. The normalized spacial score (nSPS) is 22.9. The number of nitrogens with one attached hydrogen (secondary N) is 1. The number of aromatic nitrogens is 1. The molecule has 0 saturated heterocycles. The number of anilines is 2. The van der Waals surface area contributed by atoms with E-state index in [1.54, 1.807) is 0 Å². The molecule has 0 aliphatic heterocycles. The van der Waals surface area contributed by atoms with Crippen LogP contribution in [-0.2, 0) is 0 Å². The molecule has 2 unspecified atom stereocenters. The fraction of sp³-hybridized carbons (Fsp3) is 0.545. The number of aliphatic hydroxyl groups is 1. The summed E-state index contributed by atoms with van der Waals surface area (Å²) in [6.07, 6.45) is 2.19. The van der Waals surface area contributed by atoms with Gasteiger partial charge in [-0.25, -0.2) is 4.98 Å². The first-order valence-electron chi connectivity index (χ1n) is 5.89. The minimum atomic E-state index is -0.488. The largest absolute Gasteiger partial charge is 0.393 e. The Kier molecular flexibility index (Phi) is 3.61. The molecule has 0 amide bonds. The molecule has 0 spiro atoms. The molecule has 7 heteroatoms. The number of hydrogen-bond donors (Lipinski definition) is 3. The van der Waals surface area contributed by atoms with E-state index in [-0.39, 0.29) is 23.4 Å². The molecule has 0 bridgehead atoms. The molecule has 4 N–H and O–H groups in total. The van der Waals surface area contributed by atoms with Gasteiger partial charge in [-0.15, -0.1) is 0 Å². The maximum absolute atomic E-state index is 10.8. The maximum Gasteiger partial charge on any atom is 0.311 e. The van der Waals surface area contributed by atoms with Gasteiger partial charge < -0.3 is 16.2 Å². The smallest absolute Gasteiger partial charge is 0.311 e. The summed E-state index contributed by atoms with van der Waals surface area (Å²) in [5, 5.41) is 23.2. The van der Waals surface area contributed by atoms with Gasteiger partial charge >= 0.3 is 5.69 Å². The molecule has 18 heavy (non-hydrogen) atoms. The number of nitrogen functional groups attached to an aromatic ring is 1. The lowest BCUT2D eigenvalue weighted by molar-refractivity contribution is -0.384. The minimum absolute atomic E-state index is 0.0808. The zero-order valence-corrected chi connectivity index (χ0v) is 9.87. The zero-order valence-electron chi connectivity index (χ0n) is 9.87. The molecule has 0 radical (unpaired) electrons. The summed E-state index contributed by atoms with van der Waals surface area (Å²) in [4.78, 5) is 14.3. The van der Waals surface area contributed by atoms with Crippen molar-refractivity contribution in [2.45, 2.75) is 25.4 Å². The second-order valence-electron chi connectivity index (χ2n) is 4.57. The van der Waals surface area contributed by atoms with E-state index in [1.807, 2.05) is 0 Å². The van der Waals surface area contributed by atoms with Crippen LogP contribution in [-0.4, -0.2) is 27.7 Å². The Morgan fingerprint density at radius 1 is 1.56 bits per heavy atom. The van der Waals surface area contributed by atoms with Crippen molar-refractivity contribution in [1.29, 1.82) is 0 Å². The first-order valence-corrected chi connectivity index (χ1v) is 5.89. The lowest BCUT2D eigenvalue weighted by Gasteiger charge is -2.11. The minimum Gasteiger partial charge on any atom is -0.393 e. The van der Waals surface area contributed by atoms with E-state index in [0.29, 0.717) is 12.5 Å². The van der Waals surface area contributed by atoms with Crippen LogP contribution in [0.5, 0.6) is 0 Å². The van der Waals surface area contributed by atoms with Gasteiger partial charge in [0.1, 0.15) is 5.82 Å². The number of rotatable bonds is 4. The SMILES string of the molecule is Nc1ccc([N+](=O)[O-])c(NCC2CCC(O)C2)n1. The molecule has 1 aromatic rings. The van der Waals surface area contributed by atoms with Crippen LogP contribution < -0.4 is 11.1 Å². The van der Waals surface area contributed by atoms with E-state index in [9.17, 15) is 15.2 Å². The standard InChI is InChI=1S/C11H16N4O3/c12-10-4-3-9(15(17)18)11(14-10)13-6-7-1-2-8(16)5-7/h3-4,7-8,16H,1-2,5-6H2,(H3,12,13,14). The molecular weight excluding hydrogens is 236 g/mol. The van der Waals surface area contributed by atoms with Crippen molar-refractivity contribution in [2.24, 2.45) is 5.92 Å². The quantitative estimate of drug-likeness (QED) is 0.547. The summed E-state index contributed by atoms with van der Waals surface area (Å²) in [5.74, 6) is 0.763. The molecule has 1 aliphatic carbocycles.